The van der Waals surface area contributed by atoms with Crippen molar-refractivity contribution in [1.29, 1.82) is 0 Å². The molecule has 1 aliphatic rings. The summed E-state index contributed by atoms with van der Waals surface area (Å²) in [6.45, 7) is 5.33. The molecule has 6 nitrogen and oxygen atoms in total. The second-order valence-corrected chi connectivity index (χ2v) is 10.4. The first-order valence-corrected chi connectivity index (χ1v) is 12.6. The van der Waals surface area contributed by atoms with Crippen LogP contribution in [0.25, 0.3) is 0 Å². The maximum Gasteiger partial charge on any atom is 0.264 e. The van der Waals surface area contributed by atoms with Gasteiger partial charge in [-0.05, 0) is 75.1 Å². The quantitative estimate of drug-likeness (QED) is 0.551. The number of rotatable bonds is 9. The summed E-state index contributed by atoms with van der Waals surface area (Å²) in [5, 5.41) is 2.59. The lowest BCUT2D eigenvalue weighted by Gasteiger charge is -2.30. The van der Waals surface area contributed by atoms with Gasteiger partial charge in [0.2, 0.25) is 5.91 Å². The predicted octanol–water partition coefficient (Wildman–Crippen LogP) is 3.91. The Bertz CT molecular complexity index is 1010. The smallest absolute Gasteiger partial charge is 0.264 e. The molecule has 2 aromatic rings. The van der Waals surface area contributed by atoms with Gasteiger partial charge < -0.3 is 10.2 Å². The van der Waals surface area contributed by atoms with Gasteiger partial charge in [0, 0.05) is 6.54 Å². The van der Waals surface area contributed by atoms with E-state index in [0.29, 0.717) is 6.54 Å². The van der Waals surface area contributed by atoms with Crippen LogP contribution in [0.1, 0.15) is 26.2 Å². The Morgan fingerprint density at radius 1 is 1.19 bits per heavy atom. The number of piperidine rings is 1. The number of amides is 1. The number of anilines is 1. The van der Waals surface area contributed by atoms with E-state index in [1.165, 1.54) is 37.1 Å². The summed E-state index contributed by atoms with van der Waals surface area (Å²) in [5.41, 5.74) is 0.123. The number of hydrogen-bond donors (Lipinski definition) is 1. The summed E-state index contributed by atoms with van der Waals surface area (Å²) < 4.78 is 41.1. The molecular weight excluding hydrogens is 453 g/mol. The van der Waals surface area contributed by atoms with Crippen molar-refractivity contribution in [1.82, 2.24) is 10.2 Å². The Balaban J connectivity index is 1.66. The molecule has 0 saturated carbocycles. The minimum absolute atomic E-state index is 0.0348. The summed E-state index contributed by atoms with van der Waals surface area (Å²) >= 11 is 5.87. The number of hydrogen-bond acceptors (Lipinski definition) is 4. The van der Waals surface area contributed by atoms with Crippen molar-refractivity contribution in [3.05, 3.63) is 59.4 Å². The van der Waals surface area contributed by atoms with Crippen LogP contribution in [0.2, 0.25) is 5.02 Å². The van der Waals surface area contributed by atoms with E-state index in [1.54, 1.807) is 18.2 Å². The molecule has 32 heavy (non-hydrogen) atoms. The van der Waals surface area contributed by atoms with Crippen LogP contribution in [0.4, 0.5) is 10.1 Å². The van der Waals surface area contributed by atoms with Crippen LogP contribution in [0.5, 0.6) is 0 Å². The minimum Gasteiger partial charge on any atom is -0.354 e. The van der Waals surface area contributed by atoms with Crippen molar-refractivity contribution in [3.63, 3.8) is 0 Å². The predicted molar refractivity (Wildman–Crippen MR) is 125 cm³/mol. The number of sulfonamides is 1. The van der Waals surface area contributed by atoms with Gasteiger partial charge in [0.1, 0.15) is 12.4 Å². The average Bonchev–Trinajstić information content (AvgIpc) is 2.79. The molecule has 0 unspecified atom stereocenters. The lowest BCUT2D eigenvalue weighted by Crippen LogP contribution is -2.42. The van der Waals surface area contributed by atoms with Crippen LogP contribution in [0.3, 0.4) is 0 Å². The van der Waals surface area contributed by atoms with E-state index in [1.807, 2.05) is 0 Å². The zero-order valence-electron chi connectivity index (χ0n) is 18.1. The highest BCUT2D eigenvalue weighted by Gasteiger charge is 2.27. The zero-order chi connectivity index (χ0) is 23.1. The summed E-state index contributed by atoms with van der Waals surface area (Å²) in [6, 6.07) is 11.4. The molecule has 1 aliphatic heterocycles. The van der Waals surface area contributed by atoms with E-state index in [0.717, 1.165) is 42.3 Å². The Morgan fingerprint density at radius 2 is 1.88 bits per heavy atom. The van der Waals surface area contributed by atoms with Crippen LogP contribution in [0.15, 0.2) is 53.4 Å². The van der Waals surface area contributed by atoms with Crippen LogP contribution in [-0.4, -0.2) is 51.9 Å². The lowest BCUT2D eigenvalue weighted by atomic mass is 9.99. The molecule has 1 heterocycles. The van der Waals surface area contributed by atoms with Crippen molar-refractivity contribution in [2.75, 3.05) is 37.0 Å². The van der Waals surface area contributed by atoms with Gasteiger partial charge in [-0.25, -0.2) is 12.8 Å². The second-order valence-electron chi connectivity index (χ2n) is 8.15. The second kappa shape index (κ2) is 11.1. The van der Waals surface area contributed by atoms with Crippen molar-refractivity contribution in [3.8, 4) is 0 Å². The summed E-state index contributed by atoms with van der Waals surface area (Å²) in [6.07, 6.45) is 3.17. The Hall–Kier alpha value is -2.16. The van der Waals surface area contributed by atoms with E-state index in [2.05, 4.69) is 17.1 Å². The third kappa shape index (κ3) is 6.43. The normalized spacial score (nSPS) is 15.5. The van der Waals surface area contributed by atoms with E-state index >= 15 is 0 Å². The first kappa shape index (κ1) is 24.5. The van der Waals surface area contributed by atoms with Crippen molar-refractivity contribution in [2.24, 2.45) is 5.92 Å². The Labute approximate surface area is 194 Å². The fourth-order valence-electron chi connectivity index (χ4n) is 3.68. The highest BCUT2D eigenvalue weighted by Crippen LogP contribution is 2.27. The highest BCUT2D eigenvalue weighted by molar-refractivity contribution is 7.92. The molecule has 1 amide bonds. The molecule has 9 heteroatoms. The third-order valence-corrected chi connectivity index (χ3v) is 7.74. The minimum atomic E-state index is -4.05. The van der Waals surface area contributed by atoms with Crippen molar-refractivity contribution in [2.45, 2.75) is 31.1 Å². The maximum absolute atomic E-state index is 13.6. The fourth-order valence-corrected chi connectivity index (χ4v) is 5.29. The zero-order valence-corrected chi connectivity index (χ0v) is 19.7. The molecule has 174 valence electrons. The number of carbonyl (C=O) groups excluding carboxylic acids is 1. The van der Waals surface area contributed by atoms with Gasteiger partial charge in [-0.15, -0.1) is 0 Å². The third-order valence-electron chi connectivity index (χ3n) is 5.66. The monoisotopic (exact) mass is 481 g/mol. The topological polar surface area (TPSA) is 69.7 Å². The SMILES string of the molecule is CC1CCN(CCCNC(=O)CN(c2ccc(F)c(Cl)c2)S(=O)(=O)c2ccccc2)CC1. The largest absolute Gasteiger partial charge is 0.354 e. The number of nitrogens with one attached hydrogen (secondary N) is 1. The summed E-state index contributed by atoms with van der Waals surface area (Å²) in [7, 11) is -4.05. The molecule has 1 saturated heterocycles. The van der Waals surface area contributed by atoms with Gasteiger partial charge in [0.15, 0.2) is 0 Å². The molecule has 0 aliphatic carbocycles. The highest BCUT2D eigenvalue weighted by atomic mass is 35.5. The van der Waals surface area contributed by atoms with E-state index in [-0.39, 0.29) is 15.6 Å². The van der Waals surface area contributed by atoms with Crippen molar-refractivity contribution >= 4 is 33.2 Å². The van der Waals surface area contributed by atoms with E-state index in [9.17, 15) is 17.6 Å². The van der Waals surface area contributed by atoms with Gasteiger partial charge in [0.05, 0.1) is 15.6 Å². The molecule has 1 N–H and O–H groups in total. The summed E-state index contributed by atoms with van der Waals surface area (Å²) in [5.74, 6) is -0.329. The van der Waals surface area contributed by atoms with Gasteiger partial charge in [-0.2, -0.15) is 0 Å². The number of nitrogens with zero attached hydrogens (tertiary/aromatic N) is 2. The van der Waals surface area contributed by atoms with Crippen LogP contribution in [0, 0.1) is 11.7 Å². The Kier molecular flexibility index (Phi) is 8.51. The molecule has 0 atom stereocenters. The number of halogens is 2. The molecule has 0 aromatic heterocycles. The Morgan fingerprint density at radius 3 is 2.53 bits per heavy atom. The van der Waals surface area contributed by atoms with Crippen LogP contribution < -0.4 is 9.62 Å². The van der Waals surface area contributed by atoms with Crippen LogP contribution >= 0.6 is 11.6 Å². The van der Waals surface area contributed by atoms with Gasteiger partial charge in [-0.3, -0.25) is 9.10 Å². The van der Waals surface area contributed by atoms with Gasteiger partial charge in [-0.1, -0.05) is 36.7 Å². The summed E-state index contributed by atoms with van der Waals surface area (Å²) in [4.78, 5) is 15.0. The molecular formula is C23H29ClFN3O3S. The van der Waals surface area contributed by atoms with Gasteiger partial charge >= 0.3 is 0 Å². The number of carbonyl (C=O) groups is 1. The standard InChI is InChI=1S/C23H29ClFN3O3S/c1-18-10-14-27(15-11-18)13-5-12-26-23(29)17-28(19-8-9-22(25)21(24)16-19)32(30,31)20-6-3-2-4-7-20/h2-4,6-9,16,18H,5,10-15,17H2,1H3,(H,26,29). The fraction of sp³-hybridized carbons (Fsp3) is 0.435. The average molecular weight is 482 g/mol. The molecule has 1 fully saturated rings. The molecule has 0 radical (unpaired) electrons. The molecule has 2 aromatic carbocycles. The first-order chi connectivity index (χ1) is 15.3. The van der Waals surface area contributed by atoms with E-state index in [4.69, 9.17) is 11.6 Å². The van der Waals surface area contributed by atoms with Crippen LogP contribution in [-0.2, 0) is 14.8 Å². The molecule has 0 bridgehead atoms. The first-order valence-electron chi connectivity index (χ1n) is 10.8. The number of likely N-dealkylation sites (tertiary alicyclic amines) is 1. The maximum atomic E-state index is 13.6. The lowest BCUT2D eigenvalue weighted by molar-refractivity contribution is -0.119. The molecule has 3 rings (SSSR count). The van der Waals surface area contributed by atoms with E-state index < -0.39 is 28.3 Å². The van der Waals surface area contributed by atoms with Gasteiger partial charge in [0.25, 0.3) is 10.0 Å². The van der Waals surface area contributed by atoms with Crippen molar-refractivity contribution < 1.29 is 17.6 Å². The molecule has 0 spiro atoms. The number of benzene rings is 2.